The molecule has 2 aromatic carbocycles. The molecule has 1 amide bonds. The van der Waals surface area contributed by atoms with Crippen LogP contribution in [0.5, 0.6) is 0 Å². The second kappa shape index (κ2) is 9.50. The molecule has 0 radical (unpaired) electrons. The number of benzene rings is 2. The van der Waals surface area contributed by atoms with Crippen LogP contribution in [0, 0.1) is 0 Å². The van der Waals surface area contributed by atoms with Crippen molar-refractivity contribution in [1.82, 2.24) is 9.62 Å². The lowest BCUT2D eigenvalue weighted by Crippen LogP contribution is -2.32. The molecule has 0 bridgehead atoms. The molecular weight excluding hydrogens is 348 g/mol. The van der Waals surface area contributed by atoms with Crippen molar-refractivity contribution < 1.29 is 13.2 Å². The maximum atomic E-state index is 12.0. The first kappa shape index (κ1) is 20.1. The predicted molar refractivity (Wildman–Crippen MR) is 105 cm³/mol. The van der Waals surface area contributed by atoms with Crippen LogP contribution in [0.4, 0.5) is 0 Å². The van der Waals surface area contributed by atoms with Crippen molar-refractivity contribution in [2.75, 3.05) is 25.9 Å². The molecule has 0 aliphatic rings. The molecule has 5 nitrogen and oxygen atoms in total. The van der Waals surface area contributed by atoms with Gasteiger partial charge < -0.3 is 5.32 Å². The number of carbonyl (C=O) groups is 1. The number of nitrogens with one attached hydrogen (secondary N) is 1. The number of hydrogen-bond donors (Lipinski definition) is 1. The summed E-state index contributed by atoms with van der Waals surface area (Å²) in [5.74, 6) is 0.0351. The standard InChI is InChI=1S/C20H26N2O3S/c1-3-26(24,25)22(2)15-7-14-21-20(23)16-17-10-12-19(13-11-17)18-8-5-4-6-9-18/h4-6,8-13H,3,7,14-16H2,1-2H3,(H,21,23). The van der Waals surface area contributed by atoms with E-state index in [9.17, 15) is 13.2 Å². The van der Waals surface area contributed by atoms with Crippen LogP contribution in [0.15, 0.2) is 54.6 Å². The monoisotopic (exact) mass is 374 g/mol. The molecule has 0 aliphatic heterocycles. The fourth-order valence-corrected chi connectivity index (χ4v) is 3.43. The van der Waals surface area contributed by atoms with Gasteiger partial charge in [-0.15, -0.1) is 0 Å². The largest absolute Gasteiger partial charge is 0.356 e. The van der Waals surface area contributed by atoms with Crippen molar-refractivity contribution in [1.29, 1.82) is 0 Å². The van der Waals surface area contributed by atoms with Crippen molar-refractivity contribution >= 4 is 15.9 Å². The molecule has 26 heavy (non-hydrogen) atoms. The summed E-state index contributed by atoms with van der Waals surface area (Å²) in [7, 11) is -1.59. The van der Waals surface area contributed by atoms with Crippen LogP contribution in [0.2, 0.25) is 0 Å². The summed E-state index contributed by atoms with van der Waals surface area (Å²) in [4.78, 5) is 12.0. The van der Waals surface area contributed by atoms with E-state index in [1.165, 1.54) is 4.31 Å². The normalized spacial score (nSPS) is 11.5. The summed E-state index contributed by atoms with van der Waals surface area (Å²) in [6, 6.07) is 18.0. The van der Waals surface area contributed by atoms with Crippen molar-refractivity contribution in [3.63, 3.8) is 0 Å². The first-order chi connectivity index (χ1) is 12.4. The first-order valence-corrected chi connectivity index (χ1v) is 10.4. The van der Waals surface area contributed by atoms with Gasteiger partial charge in [0.05, 0.1) is 12.2 Å². The van der Waals surface area contributed by atoms with E-state index >= 15 is 0 Å². The van der Waals surface area contributed by atoms with Crippen LogP contribution in [0.25, 0.3) is 11.1 Å². The van der Waals surface area contributed by atoms with Gasteiger partial charge in [-0.05, 0) is 30.0 Å². The van der Waals surface area contributed by atoms with Crippen molar-refractivity contribution in [2.45, 2.75) is 19.8 Å². The highest BCUT2D eigenvalue weighted by atomic mass is 32.2. The predicted octanol–water partition coefficient (Wildman–Crippen LogP) is 2.68. The fraction of sp³-hybridized carbons (Fsp3) is 0.350. The Morgan fingerprint density at radius 1 is 1.00 bits per heavy atom. The van der Waals surface area contributed by atoms with E-state index in [4.69, 9.17) is 0 Å². The summed E-state index contributed by atoms with van der Waals surface area (Å²) in [6.45, 7) is 2.49. The quantitative estimate of drug-likeness (QED) is 0.686. The molecule has 0 heterocycles. The van der Waals surface area contributed by atoms with Gasteiger partial charge in [-0.3, -0.25) is 4.79 Å². The molecule has 0 saturated heterocycles. The van der Waals surface area contributed by atoms with Gasteiger partial charge in [0.15, 0.2) is 0 Å². The van der Waals surface area contributed by atoms with Crippen LogP contribution < -0.4 is 5.32 Å². The summed E-state index contributed by atoms with van der Waals surface area (Å²) < 4.78 is 24.6. The lowest BCUT2D eigenvalue weighted by atomic mass is 10.0. The molecular formula is C20H26N2O3S. The molecule has 2 aromatic rings. The number of hydrogen-bond acceptors (Lipinski definition) is 3. The van der Waals surface area contributed by atoms with Gasteiger partial charge in [0.25, 0.3) is 0 Å². The summed E-state index contributed by atoms with van der Waals surface area (Å²) in [5.41, 5.74) is 3.22. The van der Waals surface area contributed by atoms with Gasteiger partial charge >= 0.3 is 0 Å². The fourth-order valence-electron chi connectivity index (χ4n) is 2.58. The number of amides is 1. The third-order valence-corrected chi connectivity index (χ3v) is 6.10. The lowest BCUT2D eigenvalue weighted by Gasteiger charge is -2.15. The Hall–Kier alpha value is -2.18. The highest BCUT2D eigenvalue weighted by Gasteiger charge is 2.14. The molecule has 0 saturated carbocycles. The van der Waals surface area contributed by atoms with E-state index in [1.54, 1.807) is 14.0 Å². The zero-order valence-electron chi connectivity index (χ0n) is 15.3. The lowest BCUT2D eigenvalue weighted by molar-refractivity contribution is -0.120. The van der Waals surface area contributed by atoms with Gasteiger partial charge in [-0.2, -0.15) is 0 Å². The average molecular weight is 375 g/mol. The Labute approximate surface area is 156 Å². The summed E-state index contributed by atoms with van der Waals surface area (Å²) in [5, 5.41) is 2.84. The summed E-state index contributed by atoms with van der Waals surface area (Å²) >= 11 is 0. The highest BCUT2D eigenvalue weighted by molar-refractivity contribution is 7.89. The van der Waals surface area contributed by atoms with E-state index in [-0.39, 0.29) is 11.7 Å². The van der Waals surface area contributed by atoms with Crippen molar-refractivity contribution in [3.8, 4) is 11.1 Å². The smallest absolute Gasteiger partial charge is 0.224 e. The molecule has 0 atom stereocenters. The SMILES string of the molecule is CCS(=O)(=O)N(C)CCCNC(=O)Cc1ccc(-c2ccccc2)cc1. The van der Waals surface area contributed by atoms with Crippen LogP contribution >= 0.6 is 0 Å². The van der Waals surface area contributed by atoms with E-state index in [1.807, 2.05) is 42.5 Å². The number of nitrogens with zero attached hydrogens (tertiary/aromatic N) is 1. The molecule has 0 fully saturated rings. The Morgan fingerprint density at radius 3 is 2.23 bits per heavy atom. The van der Waals surface area contributed by atoms with Crippen molar-refractivity contribution in [3.05, 3.63) is 60.2 Å². The molecule has 1 N–H and O–H groups in total. The second-order valence-electron chi connectivity index (χ2n) is 6.17. The molecule has 0 spiro atoms. The Morgan fingerprint density at radius 2 is 1.62 bits per heavy atom. The van der Waals surface area contributed by atoms with Gasteiger partial charge in [0.1, 0.15) is 0 Å². The van der Waals surface area contributed by atoms with Gasteiger partial charge in [-0.25, -0.2) is 12.7 Å². The minimum absolute atomic E-state index is 0.0570. The second-order valence-corrected chi connectivity index (χ2v) is 8.53. The number of carbonyl (C=O) groups excluding carboxylic acids is 1. The van der Waals surface area contributed by atoms with Gasteiger partial charge in [-0.1, -0.05) is 54.6 Å². The molecule has 140 valence electrons. The van der Waals surface area contributed by atoms with Crippen LogP contribution in [-0.4, -0.2) is 44.5 Å². The highest BCUT2D eigenvalue weighted by Crippen LogP contribution is 2.19. The van der Waals surface area contributed by atoms with Crippen LogP contribution in [-0.2, 0) is 21.2 Å². The Bertz CT molecular complexity index is 803. The minimum Gasteiger partial charge on any atom is -0.356 e. The number of sulfonamides is 1. The van der Waals surface area contributed by atoms with E-state index in [2.05, 4.69) is 17.4 Å². The molecule has 0 aromatic heterocycles. The third-order valence-electron chi connectivity index (χ3n) is 4.24. The van der Waals surface area contributed by atoms with E-state index < -0.39 is 10.0 Å². The number of rotatable bonds is 9. The zero-order chi connectivity index (χ0) is 19.0. The maximum absolute atomic E-state index is 12.0. The van der Waals surface area contributed by atoms with E-state index in [0.29, 0.717) is 25.9 Å². The third kappa shape index (κ3) is 5.97. The zero-order valence-corrected chi connectivity index (χ0v) is 16.1. The Balaban J connectivity index is 1.76. The maximum Gasteiger partial charge on any atom is 0.224 e. The summed E-state index contributed by atoms with van der Waals surface area (Å²) in [6.07, 6.45) is 0.909. The molecule has 6 heteroatoms. The average Bonchev–Trinajstić information content (AvgIpc) is 2.66. The topological polar surface area (TPSA) is 66.5 Å². The van der Waals surface area contributed by atoms with Crippen molar-refractivity contribution in [2.24, 2.45) is 0 Å². The van der Waals surface area contributed by atoms with Gasteiger partial charge in [0, 0.05) is 20.1 Å². The van der Waals surface area contributed by atoms with E-state index in [0.717, 1.165) is 16.7 Å². The van der Waals surface area contributed by atoms with Crippen LogP contribution in [0.3, 0.4) is 0 Å². The molecule has 0 aliphatic carbocycles. The molecule has 0 unspecified atom stereocenters. The van der Waals surface area contributed by atoms with Gasteiger partial charge in [0.2, 0.25) is 15.9 Å². The molecule has 2 rings (SSSR count). The Kier molecular flexibility index (Phi) is 7.36. The van der Waals surface area contributed by atoms with Crippen LogP contribution in [0.1, 0.15) is 18.9 Å². The minimum atomic E-state index is -3.15. The first-order valence-electron chi connectivity index (χ1n) is 8.77.